The largest absolute Gasteiger partial charge is 0.379 e. The lowest BCUT2D eigenvalue weighted by Crippen LogP contribution is -2.30. The van der Waals surface area contributed by atoms with Crippen molar-refractivity contribution in [1.29, 1.82) is 0 Å². The van der Waals surface area contributed by atoms with E-state index in [1.165, 1.54) is 5.56 Å². The number of methoxy groups -OCH3 is 1. The summed E-state index contributed by atoms with van der Waals surface area (Å²) < 4.78 is 6.55. The van der Waals surface area contributed by atoms with Gasteiger partial charge in [-0.2, -0.15) is 0 Å². The van der Waals surface area contributed by atoms with Crippen LogP contribution < -0.4 is 5.32 Å². The maximum Gasteiger partial charge on any atom is 0.0634 e. The van der Waals surface area contributed by atoms with Crippen LogP contribution in [0.4, 0.5) is 0 Å². The van der Waals surface area contributed by atoms with E-state index >= 15 is 0 Å². The molecule has 1 atom stereocenters. The average molecular weight is 314 g/mol. The second kappa shape index (κ2) is 7.27. The highest BCUT2D eigenvalue weighted by atomic mass is 79.9. The molecule has 18 heavy (non-hydrogen) atoms. The van der Waals surface area contributed by atoms with E-state index in [1.807, 2.05) is 0 Å². The van der Waals surface area contributed by atoms with Crippen molar-refractivity contribution in [3.05, 3.63) is 34.3 Å². The Hall–Kier alpha value is -0.380. The molecule has 1 unspecified atom stereocenters. The molecule has 0 heterocycles. The number of nitrogens with one attached hydrogen (secondary N) is 1. The van der Waals surface area contributed by atoms with Crippen molar-refractivity contribution in [1.82, 2.24) is 5.32 Å². The van der Waals surface area contributed by atoms with Gasteiger partial charge in [-0.15, -0.1) is 0 Å². The maximum atomic E-state index is 5.43. The third kappa shape index (κ3) is 5.09. The van der Waals surface area contributed by atoms with Gasteiger partial charge in [0.05, 0.1) is 5.60 Å². The van der Waals surface area contributed by atoms with Crippen molar-refractivity contribution in [3.63, 3.8) is 0 Å². The van der Waals surface area contributed by atoms with E-state index in [1.54, 1.807) is 7.11 Å². The Morgan fingerprint density at radius 1 is 1.28 bits per heavy atom. The highest BCUT2D eigenvalue weighted by Gasteiger charge is 2.16. The second-order valence-electron chi connectivity index (χ2n) is 5.18. The maximum absolute atomic E-state index is 5.43. The monoisotopic (exact) mass is 313 g/mol. The van der Waals surface area contributed by atoms with Crippen molar-refractivity contribution in [2.45, 2.75) is 45.3 Å². The fourth-order valence-corrected chi connectivity index (χ4v) is 2.11. The molecule has 0 aliphatic rings. The first-order chi connectivity index (χ1) is 8.48. The quantitative estimate of drug-likeness (QED) is 0.810. The van der Waals surface area contributed by atoms with Crippen LogP contribution in [-0.4, -0.2) is 19.3 Å². The summed E-state index contributed by atoms with van der Waals surface area (Å²) in [4.78, 5) is 0. The fraction of sp³-hybridized carbons (Fsp3) is 0.600. The predicted molar refractivity (Wildman–Crippen MR) is 80.9 cm³/mol. The summed E-state index contributed by atoms with van der Waals surface area (Å²) in [5.41, 5.74) is 1.29. The highest BCUT2D eigenvalue weighted by Crippen LogP contribution is 2.20. The third-order valence-electron chi connectivity index (χ3n) is 3.35. The number of halogens is 1. The zero-order valence-electron chi connectivity index (χ0n) is 11.8. The normalized spacial score (nSPS) is 13.6. The summed E-state index contributed by atoms with van der Waals surface area (Å²) in [6.07, 6.45) is 2.10. The molecular formula is C15H24BrNO. The Morgan fingerprint density at radius 2 is 1.89 bits per heavy atom. The molecule has 0 aliphatic carbocycles. The van der Waals surface area contributed by atoms with Crippen LogP contribution in [0.1, 0.15) is 45.2 Å². The molecule has 0 saturated carbocycles. The van der Waals surface area contributed by atoms with Crippen LogP contribution in [0.2, 0.25) is 0 Å². The molecule has 0 saturated heterocycles. The molecule has 0 spiro atoms. The van der Waals surface area contributed by atoms with Crippen LogP contribution in [0.15, 0.2) is 28.7 Å². The van der Waals surface area contributed by atoms with Crippen LogP contribution in [0.3, 0.4) is 0 Å². The van der Waals surface area contributed by atoms with Gasteiger partial charge in [-0.3, -0.25) is 0 Å². The van der Waals surface area contributed by atoms with Crippen molar-refractivity contribution < 1.29 is 4.74 Å². The summed E-state index contributed by atoms with van der Waals surface area (Å²) in [5.74, 6) is 0. The van der Waals surface area contributed by atoms with Crippen LogP contribution in [0.5, 0.6) is 0 Å². The van der Waals surface area contributed by atoms with Crippen LogP contribution >= 0.6 is 15.9 Å². The molecule has 0 aliphatic heterocycles. The molecule has 1 aromatic carbocycles. The summed E-state index contributed by atoms with van der Waals surface area (Å²) >= 11 is 3.47. The van der Waals surface area contributed by atoms with Crippen molar-refractivity contribution >= 4 is 15.9 Å². The Balaban J connectivity index is 2.50. The predicted octanol–water partition coefficient (Wildman–Crippen LogP) is 4.30. The van der Waals surface area contributed by atoms with Crippen molar-refractivity contribution in [2.24, 2.45) is 0 Å². The molecule has 0 bridgehead atoms. The van der Waals surface area contributed by atoms with Crippen molar-refractivity contribution in [3.8, 4) is 0 Å². The molecule has 1 aromatic rings. The molecule has 0 aromatic heterocycles. The van der Waals surface area contributed by atoms with Gasteiger partial charge < -0.3 is 10.1 Å². The van der Waals surface area contributed by atoms with E-state index in [9.17, 15) is 0 Å². The molecule has 1 rings (SSSR count). The van der Waals surface area contributed by atoms with Gasteiger partial charge in [-0.1, -0.05) is 35.0 Å². The van der Waals surface area contributed by atoms with Crippen molar-refractivity contribution in [2.75, 3.05) is 13.7 Å². The van der Waals surface area contributed by atoms with Gasteiger partial charge in [-0.05, 0) is 50.9 Å². The molecule has 0 fully saturated rings. The highest BCUT2D eigenvalue weighted by molar-refractivity contribution is 9.10. The fourth-order valence-electron chi connectivity index (χ4n) is 1.84. The number of rotatable bonds is 7. The molecular weight excluding hydrogens is 290 g/mol. The van der Waals surface area contributed by atoms with Gasteiger partial charge in [0.25, 0.3) is 0 Å². The minimum absolute atomic E-state index is 0.0506. The second-order valence-corrected chi connectivity index (χ2v) is 6.10. The minimum Gasteiger partial charge on any atom is -0.379 e. The number of hydrogen-bond acceptors (Lipinski definition) is 2. The van der Waals surface area contributed by atoms with Gasteiger partial charge >= 0.3 is 0 Å². The van der Waals surface area contributed by atoms with E-state index < -0.39 is 0 Å². The summed E-state index contributed by atoms with van der Waals surface area (Å²) in [7, 11) is 1.77. The first-order valence-corrected chi connectivity index (χ1v) is 7.32. The van der Waals surface area contributed by atoms with Gasteiger partial charge in [-0.25, -0.2) is 0 Å². The van der Waals surface area contributed by atoms with Gasteiger partial charge in [0, 0.05) is 17.6 Å². The molecule has 1 N–H and O–H groups in total. The first-order valence-electron chi connectivity index (χ1n) is 6.52. The minimum atomic E-state index is -0.0506. The topological polar surface area (TPSA) is 21.3 Å². The van der Waals surface area contributed by atoms with Gasteiger partial charge in [0.1, 0.15) is 0 Å². The number of ether oxygens (including phenoxy) is 1. The Labute approximate surface area is 119 Å². The van der Waals surface area contributed by atoms with E-state index in [0.717, 1.165) is 23.9 Å². The van der Waals surface area contributed by atoms with E-state index in [0.29, 0.717) is 6.04 Å². The lowest BCUT2D eigenvalue weighted by molar-refractivity contribution is 0.0153. The van der Waals surface area contributed by atoms with Gasteiger partial charge in [0.2, 0.25) is 0 Å². The molecule has 102 valence electrons. The Kier molecular flexibility index (Phi) is 6.33. The van der Waals surface area contributed by atoms with Gasteiger partial charge in [0.15, 0.2) is 0 Å². The molecule has 2 nitrogen and oxygen atoms in total. The zero-order chi connectivity index (χ0) is 13.6. The first kappa shape index (κ1) is 15.7. The lowest BCUT2D eigenvalue weighted by atomic mass is 10.0. The summed E-state index contributed by atoms with van der Waals surface area (Å²) in [5, 5.41) is 3.60. The van der Waals surface area contributed by atoms with E-state index in [2.05, 4.69) is 66.3 Å². The van der Waals surface area contributed by atoms with E-state index in [4.69, 9.17) is 4.74 Å². The number of benzene rings is 1. The third-order valence-corrected chi connectivity index (χ3v) is 3.88. The molecule has 0 radical (unpaired) electrons. The average Bonchev–Trinajstić information content (AvgIpc) is 2.36. The van der Waals surface area contributed by atoms with Crippen LogP contribution in [-0.2, 0) is 4.74 Å². The Morgan fingerprint density at radius 3 is 2.39 bits per heavy atom. The standard InChI is InChI=1S/C15H24BrNO/c1-5-14(12-6-8-13(16)9-7-12)17-11-10-15(2,3)18-4/h6-9,14,17H,5,10-11H2,1-4H3. The number of hydrogen-bond donors (Lipinski definition) is 1. The summed E-state index contributed by atoms with van der Waals surface area (Å²) in [6.45, 7) is 7.42. The van der Waals surface area contributed by atoms with E-state index in [-0.39, 0.29) is 5.60 Å². The molecule has 0 amide bonds. The Bertz CT molecular complexity index is 348. The SMILES string of the molecule is CCC(NCCC(C)(C)OC)c1ccc(Br)cc1. The molecule has 3 heteroatoms. The van der Waals surface area contributed by atoms with Crippen LogP contribution in [0.25, 0.3) is 0 Å². The smallest absolute Gasteiger partial charge is 0.0634 e. The summed E-state index contributed by atoms with van der Waals surface area (Å²) in [6, 6.07) is 8.96. The van der Waals surface area contributed by atoms with Crippen LogP contribution in [0, 0.1) is 0 Å². The zero-order valence-corrected chi connectivity index (χ0v) is 13.4. The lowest BCUT2D eigenvalue weighted by Gasteiger charge is -2.25.